The van der Waals surface area contributed by atoms with Crippen molar-refractivity contribution in [3.8, 4) is 0 Å². The summed E-state index contributed by atoms with van der Waals surface area (Å²) in [5.41, 5.74) is 0. The van der Waals surface area contributed by atoms with E-state index in [1.165, 1.54) is 44.9 Å². The lowest BCUT2D eigenvalue weighted by atomic mass is 10.1. The van der Waals surface area contributed by atoms with Gasteiger partial charge in [0, 0.05) is 0 Å². The van der Waals surface area contributed by atoms with Gasteiger partial charge in [-0.25, -0.2) is 0 Å². The second-order valence-corrected chi connectivity index (χ2v) is 3.32. The second-order valence-electron chi connectivity index (χ2n) is 3.32. The van der Waals surface area contributed by atoms with Gasteiger partial charge in [0.2, 0.25) is 0 Å². The third-order valence-electron chi connectivity index (χ3n) is 2.06. The van der Waals surface area contributed by atoms with Crippen molar-refractivity contribution >= 4 is 0 Å². The number of unbranched alkanes of at least 4 members (excludes halogenated alkanes) is 6. The molecule has 0 saturated heterocycles. The molecule has 0 aliphatic heterocycles. The molecule has 0 atom stereocenters. The van der Waals surface area contributed by atoms with Crippen LogP contribution in [-0.2, 0) is 0 Å². The highest BCUT2D eigenvalue weighted by Crippen LogP contribution is 2.07. The maximum absolute atomic E-state index is 3.76. The fraction of sp³-hybridized carbons (Fsp3) is 0.750. The Balaban J connectivity index is 2.86. The van der Waals surface area contributed by atoms with Gasteiger partial charge >= 0.3 is 0 Å². The highest BCUT2D eigenvalue weighted by atomic mass is 13.9. The molecule has 0 spiro atoms. The van der Waals surface area contributed by atoms with Gasteiger partial charge in [0.25, 0.3) is 0 Å². The molecular formula is C12H23. The van der Waals surface area contributed by atoms with Crippen LogP contribution in [0.4, 0.5) is 0 Å². The van der Waals surface area contributed by atoms with Crippen LogP contribution in [0.3, 0.4) is 0 Å². The standard InChI is InChI=1S/C12H23/c1-3-5-7-9-11-12-10-8-6-4-2/h5,7H,1,3-4,6,8-12H2,2H3/b7-5+. The molecule has 0 fully saturated rings. The van der Waals surface area contributed by atoms with Crippen molar-refractivity contribution in [2.24, 2.45) is 0 Å². The van der Waals surface area contributed by atoms with E-state index in [9.17, 15) is 0 Å². The van der Waals surface area contributed by atoms with Crippen molar-refractivity contribution in [3.05, 3.63) is 19.1 Å². The Morgan fingerprint density at radius 3 is 2.25 bits per heavy atom. The summed E-state index contributed by atoms with van der Waals surface area (Å²) in [6.07, 6.45) is 15.0. The predicted molar refractivity (Wildman–Crippen MR) is 57.1 cm³/mol. The van der Waals surface area contributed by atoms with Crippen LogP contribution in [0, 0.1) is 6.92 Å². The first kappa shape index (κ1) is 11.7. The molecule has 0 heteroatoms. The zero-order chi connectivity index (χ0) is 9.07. The number of allylic oxidation sites excluding steroid dienone is 2. The maximum Gasteiger partial charge on any atom is -0.0351 e. The van der Waals surface area contributed by atoms with Gasteiger partial charge in [-0.2, -0.15) is 0 Å². The zero-order valence-electron chi connectivity index (χ0n) is 8.52. The van der Waals surface area contributed by atoms with Crippen molar-refractivity contribution < 1.29 is 0 Å². The van der Waals surface area contributed by atoms with Gasteiger partial charge in [-0.1, -0.05) is 51.2 Å². The Hall–Kier alpha value is -0.260. The third kappa shape index (κ3) is 9.74. The topological polar surface area (TPSA) is 0 Å². The molecule has 0 amide bonds. The lowest BCUT2D eigenvalue weighted by molar-refractivity contribution is 0.611. The van der Waals surface area contributed by atoms with Crippen LogP contribution in [-0.4, -0.2) is 0 Å². The van der Waals surface area contributed by atoms with E-state index in [4.69, 9.17) is 0 Å². The molecule has 0 heterocycles. The Labute approximate surface area is 78.1 Å². The van der Waals surface area contributed by atoms with Crippen molar-refractivity contribution in [3.63, 3.8) is 0 Å². The minimum absolute atomic E-state index is 0.940. The van der Waals surface area contributed by atoms with Crippen LogP contribution < -0.4 is 0 Å². The summed E-state index contributed by atoms with van der Waals surface area (Å²) in [5, 5.41) is 0. The van der Waals surface area contributed by atoms with E-state index in [0.29, 0.717) is 0 Å². The number of rotatable bonds is 8. The quantitative estimate of drug-likeness (QED) is 0.368. The van der Waals surface area contributed by atoms with Gasteiger partial charge in [-0.05, 0) is 26.2 Å². The molecule has 0 aliphatic carbocycles. The molecule has 0 N–H and O–H groups in total. The number of hydrogen-bond donors (Lipinski definition) is 0. The minimum atomic E-state index is 0.940. The van der Waals surface area contributed by atoms with Crippen molar-refractivity contribution in [2.45, 2.75) is 58.3 Å². The molecule has 12 heavy (non-hydrogen) atoms. The molecule has 0 saturated carbocycles. The molecule has 1 radical (unpaired) electrons. The summed E-state index contributed by atoms with van der Waals surface area (Å²) in [6, 6.07) is 0. The van der Waals surface area contributed by atoms with Gasteiger partial charge in [0.1, 0.15) is 0 Å². The lowest BCUT2D eigenvalue weighted by Gasteiger charge is -1.97. The summed E-state index contributed by atoms with van der Waals surface area (Å²) < 4.78 is 0. The SMILES string of the molecule is [CH2]C/C=C/CCCCCCCC. The molecule has 0 aromatic heterocycles. The first-order valence-electron chi connectivity index (χ1n) is 5.36. The van der Waals surface area contributed by atoms with Gasteiger partial charge in [0.15, 0.2) is 0 Å². The highest BCUT2D eigenvalue weighted by Gasteiger charge is 1.87. The Morgan fingerprint density at radius 2 is 1.58 bits per heavy atom. The van der Waals surface area contributed by atoms with Crippen LogP contribution in [0.5, 0.6) is 0 Å². The molecule has 0 aromatic rings. The molecule has 0 aromatic carbocycles. The van der Waals surface area contributed by atoms with Crippen LogP contribution in [0.25, 0.3) is 0 Å². The molecule has 0 aliphatic rings. The fourth-order valence-corrected chi connectivity index (χ4v) is 1.28. The van der Waals surface area contributed by atoms with Crippen LogP contribution >= 0.6 is 0 Å². The van der Waals surface area contributed by atoms with E-state index in [-0.39, 0.29) is 0 Å². The average molecular weight is 167 g/mol. The van der Waals surface area contributed by atoms with Crippen molar-refractivity contribution in [1.29, 1.82) is 0 Å². The normalized spacial score (nSPS) is 11.2. The molecule has 0 nitrogen and oxygen atoms in total. The summed E-state index contributed by atoms with van der Waals surface area (Å²) in [6.45, 7) is 6.02. The largest absolute Gasteiger partial charge is 0.0885 e. The second kappa shape index (κ2) is 10.7. The Kier molecular flexibility index (Phi) is 10.5. The monoisotopic (exact) mass is 167 g/mol. The van der Waals surface area contributed by atoms with E-state index in [1.807, 2.05) is 0 Å². The van der Waals surface area contributed by atoms with Crippen molar-refractivity contribution in [2.75, 3.05) is 0 Å². The Morgan fingerprint density at radius 1 is 0.917 bits per heavy atom. The lowest BCUT2D eigenvalue weighted by Crippen LogP contribution is -1.77. The van der Waals surface area contributed by atoms with E-state index in [1.54, 1.807) is 0 Å². The van der Waals surface area contributed by atoms with E-state index >= 15 is 0 Å². The molecule has 71 valence electrons. The summed E-state index contributed by atoms with van der Waals surface area (Å²) in [5.74, 6) is 0. The smallest absolute Gasteiger partial charge is 0.0351 e. The molecule has 0 bridgehead atoms. The first-order chi connectivity index (χ1) is 5.91. The first-order valence-corrected chi connectivity index (χ1v) is 5.36. The fourth-order valence-electron chi connectivity index (χ4n) is 1.28. The van der Waals surface area contributed by atoms with Crippen LogP contribution in [0.2, 0.25) is 0 Å². The summed E-state index contributed by atoms with van der Waals surface area (Å²) >= 11 is 0. The van der Waals surface area contributed by atoms with Gasteiger partial charge < -0.3 is 0 Å². The minimum Gasteiger partial charge on any atom is -0.0885 e. The number of hydrogen-bond acceptors (Lipinski definition) is 0. The summed E-state index contributed by atoms with van der Waals surface area (Å²) in [4.78, 5) is 0. The van der Waals surface area contributed by atoms with Gasteiger partial charge in [-0.3, -0.25) is 0 Å². The van der Waals surface area contributed by atoms with Gasteiger partial charge in [0.05, 0.1) is 0 Å². The molecule has 0 unspecified atom stereocenters. The third-order valence-corrected chi connectivity index (χ3v) is 2.06. The molecular weight excluding hydrogens is 144 g/mol. The Bertz CT molecular complexity index is 92.2. The van der Waals surface area contributed by atoms with Crippen molar-refractivity contribution in [1.82, 2.24) is 0 Å². The predicted octanol–water partition coefficient (Wildman–Crippen LogP) is 4.52. The van der Waals surface area contributed by atoms with E-state index in [0.717, 1.165) is 6.42 Å². The average Bonchev–Trinajstić information content (AvgIpc) is 2.10. The van der Waals surface area contributed by atoms with Crippen LogP contribution in [0.1, 0.15) is 58.3 Å². The maximum atomic E-state index is 3.76. The van der Waals surface area contributed by atoms with Gasteiger partial charge in [-0.15, -0.1) is 0 Å². The summed E-state index contributed by atoms with van der Waals surface area (Å²) in [7, 11) is 0. The highest BCUT2D eigenvalue weighted by molar-refractivity contribution is 4.81. The van der Waals surface area contributed by atoms with E-state index < -0.39 is 0 Å². The van der Waals surface area contributed by atoms with Crippen LogP contribution in [0.15, 0.2) is 12.2 Å². The van der Waals surface area contributed by atoms with E-state index in [2.05, 4.69) is 26.0 Å². The zero-order valence-corrected chi connectivity index (χ0v) is 8.52. The molecule has 0 rings (SSSR count).